The summed E-state index contributed by atoms with van der Waals surface area (Å²) in [5.74, 6) is 0. The van der Waals surface area contributed by atoms with Gasteiger partial charge in [0, 0.05) is 20.2 Å². The van der Waals surface area contributed by atoms with Crippen LogP contribution in [0.4, 0.5) is 9.59 Å². The van der Waals surface area contributed by atoms with Gasteiger partial charge in [-0.25, -0.2) is 9.59 Å². The van der Waals surface area contributed by atoms with Crippen LogP contribution in [0, 0.1) is 0 Å². The van der Waals surface area contributed by atoms with E-state index in [-0.39, 0.29) is 24.8 Å². The number of likely N-dealkylation sites (N-methyl/N-ethyl adjacent to an activating group) is 1. The van der Waals surface area contributed by atoms with Crippen molar-refractivity contribution in [1.29, 1.82) is 0 Å². The summed E-state index contributed by atoms with van der Waals surface area (Å²) in [4.78, 5) is 26.0. The molecule has 1 aliphatic rings. The molecular weight excluding hydrogens is 348 g/mol. The molecule has 3 atom stereocenters. The Kier molecular flexibility index (Phi) is 7.07. The standard InChI is InChI=1S/C20H30N2O5/c1-20(2,3)27-19(24)22(4)16-11-15(12-17(16)25-5)21-18(23)26-13-14-9-7-6-8-10-14/h6-10,15-17H,11-13H2,1-5H3,(H,21,23)/t15-,16+,17-/m1/s1. The summed E-state index contributed by atoms with van der Waals surface area (Å²) in [6, 6.07) is 9.19. The zero-order valence-electron chi connectivity index (χ0n) is 16.7. The molecule has 1 N–H and O–H groups in total. The van der Waals surface area contributed by atoms with Crippen LogP contribution in [0.3, 0.4) is 0 Å². The van der Waals surface area contributed by atoms with Gasteiger partial charge in [0.15, 0.2) is 0 Å². The molecule has 1 aromatic rings. The van der Waals surface area contributed by atoms with Gasteiger partial charge < -0.3 is 24.4 Å². The van der Waals surface area contributed by atoms with Crippen LogP contribution in [0.25, 0.3) is 0 Å². The minimum Gasteiger partial charge on any atom is -0.445 e. The highest BCUT2D eigenvalue weighted by Crippen LogP contribution is 2.27. The largest absolute Gasteiger partial charge is 0.445 e. The van der Waals surface area contributed by atoms with Gasteiger partial charge in [0.2, 0.25) is 0 Å². The normalized spacial score (nSPS) is 22.2. The van der Waals surface area contributed by atoms with E-state index in [1.165, 1.54) is 0 Å². The third-order valence-electron chi connectivity index (χ3n) is 4.49. The lowest BCUT2D eigenvalue weighted by molar-refractivity contribution is -0.000470. The molecule has 1 aromatic carbocycles. The van der Waals surface area contributed by atoms with Crippen LogP contribution in [0.2, 0.25) is 0 Å². The van der Waals surface area contributed by atoms with E-state index < -0.39 is 17.8 Å². The number of rotatable bonds is 5. The lowest BCUT2D eigenvalue weighted by atomic mass is 10.2. The van der Waals surface area contributed by atoms with Crippen LogP contribution >= 0.6 is 0 Å². The van der Waals surface area contributed by atoms with Gasteiger partial charge in [-0.05, 0) is 39.2 Å². The molecule has 2 rings (SSSR count). The van der Waals surface area contributed by atoms with Gasteiger partial charge in [0.05, 0.1) is 12.1 Å². The maximum Gasteiger partial charge on any atom is 0.410 e. The predicted octanol–water partition coefficient (Wildman–Crippen LogP) is 3.33. The number of nitrogens with zero attached hydrogens (tertiary/aromatic N) is 1. The van der Waals surface area contributed by atoms with Crippen molar-refractivity contribution in [3.8, 4) is 0 Å². The molecule has 0 aromatic heterocycles. The molecule has 150 valence electrons. The van der Waals surface area contributed by atoms with Crippen LogP contribution in [-0.4, -0.2) is 55.0 Å². The Morgan fingerprint density at radius 1 is 1.19 bits per heavy atom. The lowest BCUT2D eigenvalue weighted by Gasteiger charge is -2.31. The molecule has 7 nitrogen and oxygen atoms in total. The smallest absolute Gasteiger partial charge is 0.410 e. The van der Waals surface area contributed by atoms with Gasteiger partial charge in [-0.2, -0.15) is 0 Å². The minimum absolute atomic E-state index is 0.131. The van der Waals surface area contributed by atoms with Gasteiger partial charge in [0.1, 0.15) is 12.2 Å². The topological polar surface area (TPSA) is 77.1 Å². The molecule has 27 heavy (non-hydrogen) atoms. The third-order valence-corrected chi connectivity index (χ3v) is 4.49. The number of amides is 2. The molecule has 0 radical (unpaired) electrons. The molecule has 7 heteroatoms. The first-order valence-corrected chi connectivity index (χ1v) is 9.15. The van der Waals surface area contributed by atoms with Crippen molar-refractivity contribution in [2.45, 2.75) is 64.0 Å². The van der Waals surface area contributed by atoms with Crippen molar-refractivity contribution < 1.29 is 23.8 Å². The molecule has 1 fully saturated rings. The maximum atomic E-state index is 12.3. The summed E-state index contributed by atoms with van der Waals surface area (Å²) in [5, 5.41) is 2.87. The highest BCUT2D eigenvalue weighted by Gasteiger charge is 2.40. The molecule has 0 aliphatic heterocycles. The predicted molar refractivity (Wildman–Crippen MR) is 101 cm³/mol. The first-order chi connectivity index (χ1) is 12.7. The Hall–Kier alpha value is -2.28. The fourth-order valence-electron chi connectivity index (χ4n) is 3.16. The number of alkyl carbamates (subject to hydrolysis) is 1. The molecule has 0 saturated heterocycles. The van der Waals surface area contributed by atoms with Crippen molar-refractivity contribution in [2.75, 3.05) is 14.2 Å². The van der Waals surface area contributed by atoms with E-state index in [0.29, 0.717) is 12.8 Å². The molecule has 0 unspecified atom stereocenters. The Labute approximate surface area is 161 Å². The molecule has 0 heterocycles. The fraction of sp³-hybridized carbons (Fsp3) is 0.600. The van der Waals surface area contributed by atoms with E-state index in [9.17, 15) is 9.59 Å². The maximum absolute atomic E-state index is 12.3. The zero-order chi connectivity index (χ0) is 20.0. The summed E-state index contributed by atoms with van der Waals surface area (Å²) < 4.78 is 16.2. The van der Waals surface area contributed by atoms with Gasteiger partial charge in [0.25, 0.3) is 0 Å². The molecular formula is C20H30N2O5. The number of carbonyl (C=O) groups excluding carboxylic acids is 2. The summed E-state index contributed by atoms with van der Waals surface area (Å²) >= 11 is 0. The number of benzene rings is 1. The Morgan fingerprint density at radius 2 is 1.85 bits per heavy atom. The first kappa shape index (κ1) is 21.0. The number of ether oxygens (including phenoxy) is 3. The Bertz CT molecular complexity index is 629. The highest BCUT2D eigenvalue weighted by atomic mass is 16.6. The number of carbonyl (C=O) groups is 2. The summed E-state index contributed by atoms with van der Waals surface area (Å²) in [6.07, 6.45) is 0.131. The molecule has 1 saturated carbocycles. The Balaban J connectivity index is 1.87. The molecule has 2 amide bonds. The average molecular weight is 378 g/mol. The summed E-state index contributed by atoms with van der Waals surface area (Å²) in [6.45, 7) is 5.70. The number of nitrogens with one attached hydrogen (secondary N) is 1. The molecule has 0 bridgehead atoms. The second-order valence-electron chi connectivity index (χ2n) is 7.81. The van der Waals surface area contributed by atoms with E-state index in [1.54, 1.807) is 19.1 Å². The fourth-order valence-corrected chi connectivity index (χ4v) is 3.16. The monoisotopic (exact) mass is 378 g/mol. The van der Waals surface area contributed by atoms with E-state index in [4.69, 9.17) is 14.2 Å². The van der Waals surface area contributed by atoms with Gasteiger partial charge >= 0.3 is 12.2 Å². The van der Waals surface area contributed by atoms with Crippen molar-refractivity contribution >= 4 is 12.2 Å². The van der Waals surface area contributed by atoms with Crippen molar-refractivity contribution in [3.05, 3.63) is 35.9 Å². The third kappa shape index (κ3) is 6.43. The van der Waals surface area contributed by atoms with Crippen molar-refractivity contribution in [3.63, 3.8) is 0 Å². The van der Waals surface area contributed by atoms with Gasteiger partial charge in [-0.1, -0.05) is 30.3 Å². The first-order valence-electron chi connectivity index (χ1n) is 9.15. The van der Waals surface area contributed by atoms with Crippen molar-refractivity contribution in [1.82, 2.24) is 10.2 Å². The van der Waals surface area contributed by atoms with Crippen LogP contribution < -0.4 is 5.32 Å². The van der Waals surface area contributed by atoms with Gasteiger partial charge in [-0.15, -0.1) is 0 Å². The summed E-state index contributed by atoms with van der Waals surface area (Å²) in [7, 11) is 3.30. The van der Waals surface area contributed by atoms with E-state index in [1.807, 2.05) is 51.1 Å². The van der Waals surface area contributed by atoms with E-state index >= 15 is 0 Å². The Morgan fingerprint density at radius 3 is 2.44 bits per heavy atom. The number of methoxy groups -OCH3 is 1. The average Bonchev–Trinajstić information content (AvgIpc) is 3.01. The number of hydrogen-bond donors (Lipinski definition) is 1. The van der Waals surface area contributed by atoms with Crippen LogP contribution in [0.5, 0.6) is 0 Å². The lowest BCUT2D eigenvalue weighted by Crippen LogP contribution is -2.45. The van der Waals surface area contributed by atoms with Crippen LogP contribution in [-0.2, 0) is 20.8 Å². The zero-order valence-corrected chi connectivity index (χ0v) is 16.7. The summed E-state index contributed by atoms with van der Waals surface area (Å²) in [5.41, 5.74) is 0.363. The van der Waals surface area contributed by atoms with E-state index in [2.05, 4.69) is 5.32 Å². The SMILES string of the molecule is CO[C@@H]1C[C@H](NC(=O)OCc2ccccc2)C[C@@H]1N(C)C(=O)OC(C)(C)C. The quantitative estimate of drug-likeness (QED) is 0.850. The van der Waals surface area contributed by atoms with Crippen LogP contribution in [0.1, 0.15) is 39.2 Å². The van der Waals surface area contributed by atoms with Crippen LogP contribution in [0.15, 0.2) is 30.3 Å². The van der Waals surface area contributed by atoms with Crippen molar-refractivity contribution in [2.24, 2.45) is 0 Å². The van der Waals surface area contributed by atoms with E-state index in [0.717, 1.165) is 5.56 Å². The minimum atomic E-state index is -0.564. The number of hydrogen-bond acceptors (Lipinski definition) is 5. The molecule has 1 aliphatic carbocycles. The molecule has 0 spiro atoms. The van der Waals surface area contributed by atoms with Gasteiger partial charge in [-0.3, -0.25) is 0 Å². The second kappa shape index (κ2) is 9.08. The highest BCUT2D eigenvalue weighted by molar-refractivity contribution is 5.69. The second-order valence-corrected chi connectivity index (χ2v) is 7.81.